The first-order valence-electron chi connectivity index (χ1n) is 10.1. The number of methoxy groups -OCH3 is 1. The molecule has 1 aliphatic rings. The molecule has 1 heterocycles. The molecule has 0 aliphatic carbocycles. The highest BCUT2D eigenvalue weighted by Gasteiger charge is 2.23. The van der Waals surface area contributed by atoms with Gasteiger partial charge in [0.05, 0.1) is 18.1 Å². The van der Waals surface area contributed by atoms with Crippen molar-refractivity contribution in [2.24, 2.45) is 0 Å². The standard InChI is InChI=1S/C22H27N3O5/c1-29-19-9-5-17(6-10-19)21(24-13-3-2-4-14-24)15-23-22(26)16-30-20-11-7-18(8-12-20)25(27)28/h5-12,21H,2-4,13-16H2,1H3,(H,23,26). The number of rotatable bonds is 9. The minimum absolute atomic E-state index is 0.0179. The van der Waals surface area contributed by atoms with Crippen molar-refractivity contribution in [3.63, 3.8) is 0 Å². The first-order chi connectivity index (χ1) is 14.6. The monoisotopic (exact) mass is 413 g/mol. The maximum Gasteiger partial charge on any atom is 0.269 e. The van der Waals surface area contributed by atoms with E-state index in [1.807, 2.05) is 24.3 Å². The molecule has 0 saturated carbocycles. The second kappa shape index (κ2) is 10.6. The number of benzene rings is 2. The number of nitro benzene ring substituents is 1. The van der Waals surface area contributed by atoms with Crippen LogP contribution in [0.4, 0.5) is 5.69 Å². The largest absolute Gasteiger partial charge is 0.497 e. The molecule has 1 N–H and O–H groups in total. The maximum atomic E-state index is 12.3. The van der Waals surface area contributed by atoms with Crippen molar-refractivity contribution in [1.29, 1.82) is 0 Å². The van der Waals surface area contributed by atoms with Gasteiger partial charge in [-0.1, -0.05) is 18.6 Å². The lowest BCUT2D eigenvalue weighted by atomic mass is 10.0. The van der Waals surface area contributed by atoms with Gasteiger partial charge in [-0.2, -0.15) is 0 Å². The molecule has 2 aromatic carbocycles. The third-order valence-electron chi connectivity index (χ3n) is 5.24. The number of likely N-dealkylation sites (tertiary alicyclic amines) is 1. The number of nitrogens with zero attached hydrogens (tertiary/aromatic N) is 2. The lowest BCUT2D eigenvalue weighted by Crippen LogP contribution is -2.41. The van der Waals surface area contributed by atoms with E-state index in [0.29, 0.717) is 12.3 Å². The zero-order valence-corrected chi connectivity index (χ0v) is 17.1. The number of nitro groups is 1. The van der Waals surface area contributed by atoms with Crippen LogP contribution in [0.5, 0.6) is 11.5 Å². The topological polar surface area (TPSA) is 93.9 Å². The summed E-state index contributed by atoms with van der Waals surface area (Å²) in [4.78, 5) is 25.0. The van der Waals surface area contributed by atoms with Crippen LogP contribution in [0.15, 0.2) is 48.5 Å². The van der Waals surface area contributed by atoms with Crippen LogP contribution in [0.25, 0.3) is 0 Å². The number of hydrogen-bond donors (Lipinski definition) is 1. The van der Waals surface area contributed by atoms with Gasteiger partial charge in [0.1, 0.15) is 11.5 Å². The van der Waals surface area contributed by atoms with Crippen molar-refractivity contribution in [3.8, 4) is 11.5 Å². The molecule has 0 bridgehead atoms. The van der Waals surface area contributed by atoms with E-state index in [0.717, 1.165) is 37.2 Å². The summed E-state index contributed by atoms with van der Waals surface area (Å²) >= 11 is 0. The molecular weight excluding hydrogens is 386 g/mol. The second-order valence-electron chi connectivity index (χ2n) is 7.23. The van der Waals surface area contributed by atoms with E-state index in [2.05, 4.69) is 10.2 Å². The molecule has 1 unspecified atom stereocenters. The van der Waals surface area contributed by atoms with E-state index in [1.54, 1.807) is 7.11 Å². The van der Waals surface area contributed by atoms with Gasteiger partial charge in [0, 0.05) is 18.7 Å². The minimum atomic E-state index is -0.476. The van der Waals surface area contributed by atoms with Crippen LogP contribution in [0.3, 0.4) is 0 Å². The van der Waals surface area contributed by atoms with Gasteiger partial charge in [-0.15, -0.1) is 0 Å². The predicted octanol–water partition coefficient (Wildman–Crippen LogP) is 3.33. The highest BCUT2D eigenvalue weighted by atomic mass is 16.6. The Bertz CT molecular complexity index is 833. The molecule has 0 spiro atoms. The van der Waals surface area contributed by atoms with Gasteiger partial charge in [-0.05, 0) is 55.8 Å². The van der Waals surface area contributed by atoms with Gasteiger partial charge < -0.3 is 14.8 Å². The average Bonchev–Trinajstić information content (AvgIpc) is 2.79. The van der Waals surface area contributed by atoms with Gasteiger partial charge >= 0.3 is 0 Å². The Hall–Kier alpha value is -3.13. The molecule has 1 saturated heterocycles. The van der Waals surface area contributed by atoms with Crippen LogP contribution in [-0.2, 0) is 4.79 Å². The van der Waals surface area contributed by atoms with Crippen molar-refractivity contribution < 1.29 is 19.2 Å². The Morgan fingerprint density at radius 1 is 1.07 bits per heavy atom. The summed E-state index contributed by atoms with van der Waals surface area (Å²) in [6.45, 7) is 2.35. The molecule has 2 aromatic rings. The Labute approximate surface area is 175 Å². The van der Waals surface area contributed by atoms with Crippen LogP contribution in [0.1, 0.15) is 30.9 Å². The molecule has 8 nitrogen and oxygen atoms in total. The number of nitrogens with one attached hydrogen (secondary N) is 1. The van der Waals surface area contributed by atoms with Crippen molar-refractivity contribution in [1.82, 2.24) is 10.2 Å². The molecule has 3 rings (SSSR count). The molecule has 1 aliphatic heterocycles. The molecule has 0 radical (unpaired) electrons. The van der Waals surface area contributed by atoms with Crippen LogP contribution >= 0.6 is 0 Å². The highest BCUT2D eigenvalue weighted by molar-refractivity contribution is 5.77. The van der Waals surface area contributed by atoms with Crippen molar-refractivity contribution >= 4 is 11.6 Å². The fourth-order valence-electron chi connectivity index (χ4n) is 3.59. The zero-order chi connectivity index (χ0) is 21.3. The highest BCUT2D eigenvalue weighted by Crippen LogP contribution is 2.26. The molecule has 8 heteroatoms. The fourth-order valence-corrected chi connectivity index (χ4v) is 3.59. The van der Waals surface area contributed by atoms with E-state index in [-0.39, 0.29) is 24.2 Å². The van der Waals surface area contributed by atoms with Gasteiger partial charge in [0.15, 0.2) is 6.61 Å². The van der Waals surface area contributed by atoms with E-state index >= 15 is 0 Å². The molecule has 0 aromatic heterocycles. The Morgan fingerprint density at radius 3 is 2.30 bits per heavy atom. The molecule has 160 valence electrons. The SMILES string of the molecule is COc1ccc(C(CNC(=O)COc2ccc([N+](=O)[O-])cc2)N2CCCCC2)cc1. The number of carbonyl (C=O) groups excluding carboxylic acids is 1. The smallest absolute Gasteiger partial charge is 0.269 e. The third-order valence-corrected chi connectivity index (χ3v) is 5.24. The van der Waals surface area contributed by atoms with Crippen molar-refractivity contribution in [2.75, 3.05) is 33.4 Å². The number of carbonyl (C=O) groups is 1. The minimum Gasteiger partial charge on any atom is -0.497 e. The van der Waals surface area contributed by atoms with Gasteiger partial charge in [0.25, 0.3) is 11.6 Å². The van der Waals surface area contributed by atoms with Gasteiger partial charge in [-0.25, -0.2) is 0 Å². The fraction of sp³-hybridized carbons (Fsp3) is 0.409. The Balaban J connectivity index is 1.57. The lowest BCUT2D eigenvalue weighted by molar-refractivity contribution is -0.384. The van der Waals surface area contributed by atoms with Gasteiger partial charge in [0.2, 0.25) is 0 Å². The summed E-state index contributed by atoms with van der Waals surface area (Å²) in [7, 11) is 1.64. The Kier molecular flexibility index (Phi) is 7.62. The number of hydrogen-bond acceptors (Lipinski definition) is 6. The van der Waals surface area contributed by atoms with Crippen molar-refractivity contribution in [3.05, 3.63) is 64.2 Å². The van der Waals surface area contributed by atoms with E-state index in [4.69, 9.17) is 9.47 Å². The van der Waals surface area contributed by atoms with Gasteiger partial charge in [-0.3, -0.25) is 19.8 Å². The Morgan fingerprint density at radius 2 is 1.70 bits per heavy atom. The van der Waals surface area contributed by atoms with Crippen LogP contribution in [-0.4, -0.2) is 49.1 Å². The summed E-state index contributed by atoms with van der Waals surface area (Å²) in [5.41, 5.74) is 1.12. The van der Waals surface area contributed by atoms with Crippen LogP contribution in [0, 0.1) is 10.1 Å². The molecule has 1 atom stereocenters. The first kappa shape index (κ1) is 21.6. The number of amides is 1. The first-order valence-corrected chi connectivity index (χ1v) is 10.1. The van der Waals surface area contributed by atoms with E-state index in [1.165, 1.54) is 30.7 Å². The maximum absolute atomic E-state index is 12.3. The number of piperidine rings is 1. The summed E-state index contributed by atoms with van der Waals surface area (Å²) < 4.78 is 10.7. The van der Waals surface area contributed by atoms with E-state index < -0.39 is 4.92 Å². The summed E-state index contributed by atoms with van der Waals surface area (Å²) in [5.74, 6) is 0.985. The lowest BCUT2D eigenvalue weighted by Gasteiger charge is -2.35. The molecular formula is C22H27N3O5. The molecule has 1 fully saturated rings. The zero-order valence-electron chi connectivity index (χ0n) is 17.1. The summed E-state index contributed by atoms with van der Waals surface area (Å²) in [6.07, 6.45) is 3.55. The van der Waals surface area contributed by atoms with E-state index in [9.17, 15) is 14.9 Å². The summed E-state index contributed by atoms with van der Waals surface area (Å²) in [5, 5.41) is 13.7. The third kappa shape index (κ3) is 5.93. The quantitative estimate of drug-likeness (QED) is 0.501. The summed E-state index contributed by atoms with van der Waals surface area (Å²) in [6, 6.07) is 13.7. The number of ether oxygens (including phenoxy) is 2. The van der Waals surface area contributed by atoms with Crippen LogP contribution in [0.2, 0.25) is 0 Å². The van der Waals surface area contributed by atoms with Crippen molar-refractivity contribution in [2.45, 2.75) is 25.3 Å². The second-order valence-corrected chi connectivity index (χ2v) is 7.23. The predicted molar refractivity (Wildman–Crippen MR) is 113 cm³/mol. The average molecular weight is 413 g/mol. The molecule has 30 heavy (non-hydrogen) atoms. The molecule has 1 amide bonds. The van der Waals surface area contributed by atoms with Crippen LogP contribution < -0.4 is 14.8 Å². The normalized spacial score (nSPS) is 15.2. The number of non-ortho nitro benzene ring substituents is 1.